The molecule has 0 bridgehead atoms. The Labute approximate surface area is 125 Å². The molecule has 0 aliphatic rings. The maximum atomic E-state index is 12.6. The molecule has 21 heavy (non-hydrogen) atoms. The number of benzene rings is 2. The zero-order valence-corrected chi connectivity index (χ0v) is 12.2. The van der Waals surface area contributed by atoms with E-state index < -0.39 is 17.8 Å². The number of halogens is 3. The van der Waals surface area contributed by atoms with Crippen molar-refractivity contribution in [3.05, 3.63) is 65.2 Å². The van der Waals surface area contributed by atoms with Crippen LogP contribution in [0.1, 0.15) is 22.8 Å². The van der Waals surface area contributed by atoms with E-state index in [4.69, 9.17) is 0 Å². The molecule has 0 fully saturated rings. The van der Waals surface area contributed by atoms with Crippen molar-refractivity contribution in [1.82, 2.24) is 0 Å². The van der Waals surface area contributed by atoms with Gasteiger partial charge in [0.15, 0.2) is 0 Å². The maximum absolute atomic E-state index is 12.6. The van der Waals surface area contributed by atoms with Crippen molar-refractivity contribution < 1.29 is 18.3 Å². The summed E-state index contributed by atoms with van der Waals surface area (Å²) in [6.45, 7) is 1.58. The molecule has 0 aromatic heterocycles. The van der Waals surface area contributed by atoms with Gasteiger partial charge < -0.3 is 5.11 Å². The van der Waals surface area contributed by atoms with Crippen LogP contribution in [-0.4, -0.2) is 10.9 Å². The molecular formula is C16H15F3OS. The maximum Gasteiger partial charge on any atom is 0.416 e. The molecule has 0 saturated carbocycles. The third kappa shape index (κ3) is 4.25. The Bertz CT molecular complexity index is 596. The minimum absolute atomic E-state index is 0.399. The second-order valence-electron chi connectivity index (χ2n) is 4.71. The number of rotatable bonds is 4. The van der Waals surface area contributed by atoms with Gasteiger partial charge in [0.1, 0.15) is 0 Å². The van der Waals surface area contributed by atoms with Crippen LogP contribution in [0.2, 0.25) is 0 Å². The topological polar surface area (TPSA) is 20.2 Å². The zero-order chi connectivity index (χ0) is 15.5. The minimum atomic E-state index is -4.35. The van der Waals surface area contributed by atoms with Gasteiger partial charge >= 0.3 is 6.18 Å². The summed E-state index contributed by atoms with van der Waals surface area (Å²) in [5.74, 6) is 0.399. The smallest absolute Gasteiger partial charge is 0.388 e. The van der Waals surface area contributed by atoms with Gasteiger partial charge in [0.2, 0.25) is 0 Å². The average molecular weight is 312 g/mol. The van der Waals surface area contributed by atoms with Crippen LogP contribution in [0.5, 0.6) is 0 Å². The summed E-state index contributed by atoms with van der Waals surface area (Å²) in [5, 5.41) is 10.2. The molecule has 5 heteroatoms. The van der Waals surface area contributed by atoms with Gasteiger partial charge in [-0.15, -0.1) is 11.8 Å². The highest BCUT2D eigenvalue weighted by molar-refractivity contribution is 7.99. The van der Waals surface area contributed by atoms with E-state index in [1.807, 2.05) is 30.3 Å². The number of aryl methyl sites for hydroxylation is 1. The van der Waals surface area contributed by atoms with Crippen LogP contribution in [0.3, 0.4) is 0 Å². The fourth-order valence-corrected chi connectivity index (χ4v) is 2.89. The van der Waals surface area contributed by atoms with Crippen molar-refractivity contribution in [1.29, 1.82) is 0 Å². The van der Waals surface area contributed by atoms with E-state index in [2.05, 4.69) is 0 Å². The molecular weight excluding hydrogens is 297 g/mol. The van der Waals surface area contributed by atoms with Gasteiger partial charge in [0.25, 0.3) is 0 Å². The molecule has 112 valence electrons. The Hall–Kier alpha value is -1.46. The van der Waals surface area contributed by atoms with Crippen molar-refractivity contribution >= 4 is 11.8 Å². The molecule has 0 aliphatic carbocycles. The van der Waals surface area contributed by atoms with Gasteiger partial charge in [-0.2, -0.15) is 13.2 Å². The van der Waals surface area contributed by atoms with Crippen molar-refractivity contribution in [2.45, 2.75) is 24.1 Å². The highest BCUT2D eigenvalue weighted by Crippen LogP contribution is 2.32. The van der Waals surface area contributed by atoms with Gasteiger partial charge in [0.05, 0.1) is 11.7 Å². The lowest BCUT2D eigenvalue weighted by molar-refractivity contribution is -0.137. The minimum Gasteiger partial charge on any atom is -0.388 e. The lowest BCUT2D eigenvalue weighted by Gasteiger charge is -2.15. The summed E-state index contributed by atoms with van der Waals surface area (Å²) in [5.41, 5.74) is 0.295. The summed E-state index contributed by atoms with van der Waals surface area (Å²) in [4.78, 5) is 1.01. The van der Waals surface area contributed by atoms with Gasteiger partial charge in [0, 0.05) is 10.6 Å². The lowest BCUT2D eigenvalue weighted by atomic mass is 10.0. The predicted molar refractivity (Wildman–Crippen MR) is 78.3 cm³/mol. The lowest BCUT2D eigenvalue weighted by Crippen LogP contribution is -2.08. The van der Waals surface area contributed by atoms with Gasteiger partial charge in [-0.3, -0.25) is 0 Å². The van der Waals surface area contributed by atoms with Gasteiger partial charge in [-0.05, 0) is 42.3 Å². The van der Waals surface area contributed by atoms with E-state index in [0.29, 0.717) is 16.9 Å². The molecule has 1 N–H and O–H groups in total. The summed E-state index contributed by atoms with van der Waals surface area (Å²) < 4.78 is 37.8. The number of hydrogen-bond acceptors (Lipinski definition) is 2. The van der Waals surface area contributed by atoms with Gasteiger partial charge in [-0.25, -0.2) is 0 Å². The van der Waals surface area contributed by atoms with Crippen LogP contribution < -0.4 is 0 Å². The molecule has 1 nitrogen and oxygen atoms in total. The van der Waals surface area contributed by atoms with Crippen molar-refractivity contribution in [2.24, 2.45) is 0 Å². The fourth-order valence-electron chi connectivity index (χ4n) is 2.01. The number of thioether (sulfide) groups is 1. The molecule has 2 rings (SSSR count). The second-order valence-corrected chi connectivity index (χ2v) is 5.80. The van der Waals surface area contributed by atoms with E-state index in [9.17, 15) is 18.3 Å². The average Bonchev–Trinajstić information content (AvgIpc) is 2.45. The van der Waals surface area contributed by atoms with Crippen molar-refractivity contribution in [2.75, 3.05) is 5.75 Å². The number of aliphatic hydroxyl groups excluding tert-OH is 1. The molecule has 0 saturated heterocycles. The Morgan fingerprint density at radius 3 is 2.33 bits per heavy atom. The number of alkyl halides is 3. The standard InChI is InChI=1S/C16H15F3OS/c1-11-9-12(16(17,18)19)7-8-14(11)15(20)10-21-13-5-3-2-4-6-13/h2-9,15,20H,10H2,1H3. The summed E-state index contributed by atoms with van der Waals surface area (Å²) in [6, 6.07) is 13.0. The van der Waals surface area contributed by atoms with E-state index >= 15 is 0 Å². The first-order valence-corrected chi connectivity index (χ1v) is 7.40. The van der Waals surface area contributed by atoms with Crippen LogP contribution in [0.15, 0.2) is 53.4 Å². The van der Waals surface area contributed by atoms with Crippen LogP contribution >= 0.6 is 11.8 Å². The van der Waals surface area contributed by atoms with E-state index in [1.54, 1.807) is 6.92 Å². The van der Waals surface area contributed by atoms with E-state index in [1.165, 1.54) is 17.8 Å². The molecule has 1 atom stereocenters. The first-order valence-electron chi connectivity index (χ1n) is 6.41. The Balaban J connectivity index is 2.07. The molecule has 1 unspecified atom stereocenters. The zero-order valence-electron chi connectivity index (χ0n) is 11.4. The quantitative estimate of drug-likeness (QED) is 0.815. The van der Waals surface area contributed by atoms with Crippen LogP contribution in [0, 0.1) is 6.92 Å². The van der Waals surface area contributed by atoms with E-state index in [0.717, 1.165) is 17.0 Å². The van der Waals surface area contributed by atoms with Crippen LogP contribution in [-0.2, 0) is 6.18 Å². The summed E-state index contributed by atoms with van der Waals surface area (Å²) >= 11 is 1.47. The molecule has 0 radical (unpaired) electrons. The molecule has 2 aromatic carbocycles. The summed E-state index contributed by atoms with van der Waals surface area (Å²) in [6.07, 6.45) is -5.15. The van der Waals surface area contributed by atoms with Crippen LogP contribution in [0.25, 0.3) is 0 Å². The normalized spacial score (nSPS) is 13.2. The Kier molecular flexibility index (Phi) is 4.96. The Morgan fingerprint density at radius 1 is 1.10 bits per heavy atom. The van der Waals surface area contributed by atoms with E-state index in [-0.39, 0.29) is 0 Å². The second kappa shape index (κ2) is 6.54. The monoisotopic (exact) mass is 312 g/mol. The molecule has 0 heterocycles. The molecule has 0 amide bonds. The number of aliphatic hydroxyl groups is 1. The number of hydrogen-bond donors (Lipinski definition) is 1. The first-order chi connectivity index (χ1) is 9.88. The SMILES string of the molecule is Cc1cc(C(F)(F)F)ccc1C(O)CSc1ccccc1. The third-order valence-electron chi connectivity index (χ3n) is 3.11. The molecule has 0 aliphatic heterocycles. The predicted octanol–water partition coefficient (Wildman–Crippen LogP) is 4.84. The van der Waals surface area contributed by atoms with Gasteiger partial charge in [-0.1, -0.05) is 24.3 Å². The fraction of sp³-hybridized carbons (Fsp3) is 0.250. The van der Waals surface area contributed by atoms with Crippen molar-refractivity contribution in [3.63, 3.8) is 0 Å². The third-order valence-corrected chi connectivity index (χ3v) is 4.20. The first kappa shape index (κ1) is 15.9. The summed E-state index contributed by atoms with van der Waals surface area (Å²) in [7, 11) is 0. The van der Waals surface area contributed by atoms with Crippen LogP contribution in [0.4, 0.5) is 13.2 Å². The largest absolute Gasteiger partial charge is 0.416 e. The Morgan fingerprint density at radius 2 is 1.76 bits per heavy atom. The highest BCUT2D eigenvalue weighted by Gasteiger charge is 2.30. The highest BCUT2D eigenvalue weighted by atomic mass is 32.2. The molecule has 2 aromatic rings. The molecule has 0 spiro atoms. The van der Waals surface area contributed by atoms with Crippen molar-refractivity contribution in [3.8, 4) is 0 Å².